The summed E-state index contributed by atoms with van der Waals surface area (Å²) in [6, 6.07) is 9.55. The second-order valence-corrected chi connectivity index (χ2v) is 8.17. The Bertz CT molecular complexity index is 755. The van der Waals surface area contributed by atoms with Gasteiger partial charge in [-0.1, -0.05) is 37.5 Å². The van der Waals surface area contributed by atoms with Crippen LogP contribution < -0.4 is 9.46 Å². The normalized spacial score (nSPS) is 16.0. The average Bonchev–Trinajstić information content (AvgIpc) is 3.10. The lowest BCUT2D eigenvalue weighted by atomic mass is 9.95. The molecule has 0 atom stereocenters. The lowest BCUT2D eigenvalue weighted by molar-refractivity contribution is 0.339. The number of nitrogens with one attached hydrogen (secondary N) is 1. The fraction of sp³-hybridized carbons (Fsp3) is 0.529. The monoisotopic (exact) mass is 364 g/mol. The predicted octanol–water partition coefficient (Wildman–Crippen LogP) is 2.28. The van der Waals surface area contributed by atoms with Crippen molar-refractivity contribution in [2.75, 3.05) is 12.4 Å². The molecule has 3 rings (SSSR count). The van der Waals surface area contributed by atoms with Gasteiger partial charge in [0.05, 0.1) is 12.3 Å². The van der Waals surface area contributed by atoms with Crippen LogP contribution in [-0.2, 0) is 16.6 Å². The highest BCUT2D eigenvalue weighted by Gasteiger charge is 2.19. The molecule has 1 N–H and O–H groups in total. The molecular formula is C17H24N4O3S. The highest BCUT2D eigenvalue weighted by atomic mass is 32.2. The highest BCUT2D eigenvalue weighted by molar-refractivity contribution is 7.89. The van der Waals surface area contributed by atoms with Crippen LogP contribution >= 0.6 is 0 Å². The SMILES string of the molecule is O=S(=O)(CCOc1ccccc1)NCc1nncn1C1CCCCC1. The van der Waals surface area contributed by atoms with Crippen LogP contribution in [0.2, 0.25) is 0 Å². The first-order valence-electron chi connectivity index (χ1n) is 8.68. The first-order valence-corrected chi connectivity index (χ1v) is 10.3. The quantitative estimate of drug-likeness (QED) is 0.777. The number of aromatic nitrogens is 3. The number of rotatable bonds is 8. The summed E-state index contributed by atoms with van der Waals surface area (Å²) in [6.45, 7) is 0.263. The van der Waals surface area contributed by atoms with E-state index in [9.17, 15) is 8.42 Å². The van der Waals surface area contributed by atoms with Crippen molar-refractivity contribution in [3.05, 3.63) is 42.5 Å². The molecule has 1 heterocycles. The van der Waals surface area contributed by atoms with E-state index in [0.29, 0.717) is 17.6 Å². The number of hydrogen-bond donors (Lipinski definition) is 1. The van der Waals surface area contributed by atoms with E-state index in [1.807, 2.05) is 22.8 Å². The molecule has 1 fully saturated rings. The Labute approximate surface area is 148 Å². The largest absolute Gasteiger partial charge is 0.492 e. The Kier molecular flexibility index (Phi) is 6.04. The number of nitrogens with zero attached hydrogens (tertiary/aromatic N) is 3. The smallest absolute Gasteiger partial charge is 0.215 e. The molecule has 1 aromatic heterocycles. The van der Waals surface area contributed by atoms with Gasteiger partial charge in [-0.25, -0.2) is 13.1 Å². The molecule has 2 aromatic rings. The number of para-hydroxylation sites is 1. The second-order valence-electron chi connectivity index (χ2n) is 6.25. The fourth-order valence-corrected chi connectivity index (χ4v) is 3.89. The average molecular weight is 364 g/mol. The van der Waals surface area contributed by atoms with E-state index in [4.69, 9.17) is 4.74 Å². The van der Waals surface area contributed by atoms with Gasteiger partial charge in [-0.3, -0.25) is 0 Å². The van der Waals surface area contributed by atoms with Gasteiger partial charge in [0.25, 0.3) is 0 Å². The van der Waals surface area contributed by atoms with Crippen LogP contribution in [0.5, 0.6) is 5.75 Å². The van der Waals surface area contributed by atoms with Crippen molar-refractivity contribution in [3.8, 4) is 5.75 Å². The summed E-state index contributed by atoms with van der Waals surface area (Å²) >= 11 is 0. The van der Waals surface area contributed by atoms with Crippen LogP contribution in [0.3, 0.4) is 0 Å². The summed E-state index contributed by atoms with van der Waals surface area (Å²) in [5.41, 5.74) is 0. The Morgan fingerprint density at radius 1 is 1.16 bits per heavy atom. The lowest BCUT2D eigenvalue weighted by Crippen LogP contribution is -2.30. The molecule has 0 saturated heterocycles. The minimum absolute atomic E-state index is 0.0978. The molecule has 25 heavy (non-hydrogen) atoms. The highest BCUT2D eigenvalue weighted by Crippen LogP contribution is 2.28. The van der Waals surface area contributed by atoms with Gasteiger partial charge in [-0.15, -0.1) is 10.2 Å². The van der Waals surface area contributed by atoms with E-state index >= 15 is 0 Å². The third-order valence-corrected chi connectivity index (χ3v) is 5.72. The fourth-order valence-electron chi connectivity index (χ4n) is 3.09. The Balaban J connectivity index is 1.49. The summed E-state index contributed by atoms with van der Waals surface area (Å²) in [5, 5.41) is 8.03. The second kappa shape index (κ2) is 8.44. The zero-order valence-electron chi connectivity index (χ0n) is 14.2. The van der Waals surface area contributed by atoms with E-state index in [2.05, 4.69) is 14.9 Å². The number of benzene rings is 1. The molecule has 1 saturated carbocycles. The van der Waals surface area contributed by atoms with E-state index in [-0.39, 0.29) is 18.9 Å². The molecule has 0 spiro atoms. The number of hydrogen-bond acceptors (Lipinski definition) is 5. The molecule has 0 radical (unpaired) electrons. The minimum atomic E-state index is -3.43. The van der Waals surface area contributed by atoms with Crippen LogP contribution in [0, 0.1) is 0 Å². The molecule has 0 aliphatic heterocycles. The maximum absolute atomic E-state index is 12.2. The zero-order chi connectivity index (χ0) is 17.5. The van der Waals surface area contributed by atoms with Gasteiger partial charge in [0.1, 0.15) is 24.5 Å². The van der Waals surface area contributed by atoms with E-state index in [1.165, 1.54) is 19.3 Å². The first-order chi connectivity index (χ1) is 12.1. The van der Waals surface area contributed by atoms with Gasteiger partial charge in [0, 0.05) is 6.04 Å². The van der Waals surface area contributed by atoms with E-state index in [0.717, 1.165) is 12.8 Å². The molecule has 8 heteroatoms. The third-order valence-electron chi connectivity index (χ3n) is 4.43. The van der Waals surface area contributed by atoms with Crippen molar-refractivity contribution in [1.82, 2.24) is 19.5 Å². The van der Waals surface area contributed by atoms with Crippen molar-refractivity contribution in [1.29, 1.82) is 0 Å². The van der Waals surface area contributed by atoms with Gasteiger partial charge >= 0.3 is 0 Å². The number of sulfonamides is 1. The first kappa shape index (κ1) is 17.9. The van der Waals surface area contributed by atoms with Gasteiger partial charge in [-0.2, -0.15) is 0 Å². The van der Waals surface area contributed by atoms with Crippen LogP contribution in [-0.4, -0.2) is 35.5 Å². The van der Waals surface area contributed by atoms with Crippen LogP contribution in [0.25, 0.3) is 0 Å². The molecule has 1 aromatic carbocycles. The Hall–Kier alpha value is -1.93. The van der Waals surface area contributed by atoms with Gasteiger partial charge < -0.3 is 9.30 Å². The van der Waals surface area contributed by atoms with Crippen LogP contribution in [0.15, 0.2) is 36.7 Å². The van der Waals surface area contributed by atoms with Crippen LogP contribution in [0.4, 0.5) is 0 Å². The Morgan fingerprint density at radius 2 is 1.92 bits per heavy atom. The third kappa shape index (κ3) is 5.27. The molecule has 136 valence electrons. The number of ether oxygens (including phenoxy) is 1. The van der Waals surface area contributed by atoms with Crippen LogP contribution in [0.1, 0.15) is 44.0 Å². The summed E-state index contributed by atoms with van der Waals surface area (Å²) in [6.07, 6.45) is 7.57. The van der Waals surface area contributed by atoms with E-state index in [1.54, 1.807) is 18.5 Å². The predicted molar refractivity (Wildman–Crippen MR) is 94.7 cm³/mol. The Morgan fingerprint density at radius 3 is 2.68 bits per heavy atom. The lowest BCUT2D eigenvalue weighted by Gasteiger charge is -2.24. The zero-order valence-corrected chi connectivity index (χ0v) is 15.0. The topological polar surface area (TPSA) is 86.1 Å². The van der Waals surface area contributed by atoms with Crippen molar-refractivity contribution in [2.24, 2.45) is 0 Å². The van der Waals surface area contributed by atoms with Gasteiger partial charge in [0.2, 0.25) is 10.0 Å². The molecule has 1 aliphatic rings. The molecular weight excluding hydrogens is 340 g/mol. The summed E-state index contributed by atoms with van der Waals surface area (Å²) in [4.78, 5) is 0. The maximum Gasteiger partial charge on any atom is 0.215 e. The van der Waals surface area contributed by atoms with Crippen molar-refractivity contribution >= 4 is 10.0 Å². The standard InChI is InChI=1S/C17H24N4O3S/c22-25(23,12-11-24-16-9-5-2-6-10-16)19-13-17-20-18-14-21(17)15-7-3-1-4-8-15/h2,5-6,9-10,14-15,19H,1,3-4,7-8,11-13H2. The summed E-state index contributed by atoms with van der Waals surface area (Å²) < 4.78 is 34.4. The summed E-state index contributed by atoms with van der Waals surface area (Å²) in [5.74, 6) is 1.23. The molecule has 1 aliphatic carbocycles. The van der Waals surface area contributed by atoms with Gasteiger partial charge in [0.15, 0.2) is 0 Å². The molecule has 0 unspecified atom stereocenters. The van der Waals surface area contributed by atoms with E-state index < -0.39 is 10.0 Å². The van der Waals surface area contributed by atoms with Crippen molar-refractivity contribution < 1.29 is 13.2 Å². The molecule has 0 amide bonds. The molecule has 0 bridgehead atoms. The van der Waals surface area contributed by atoms with Crippen molar-refractivity contribution in [2.45, 2.75) is 44.7 Å². The molecule has 7 nitrogen and oxygen atoms in total. The summed E-state index contributed by atoms with van der Waals surface area (Å²) in [7, 11) is -3.43. The van der Waals surface area contributed by atoms with Crippen molar-refractivity contribution in [3.63, 3.8) is 0 Å². The van der Waals surface area contributed by atoms with Gasteiger partial charge in [-0.05, 0) is 25.0 Å². The maximum atomic E-state index is 12.2. The minimum Gasteiger partial charge on any atom is -0.492 e.